The average molecular weight is 471 g/mol. The molecule has 0 aliphatic rings. The Morgan fingerprint density at radius 1 is 0.939 bits per heavy atom. The molecular weight excluding hydrogens is 442 g/mol. The minimum atomic E-state index is -1.86. The lowest BCUT2D eigenvalue weighted by Crippen LogP contribution is -2.52. The van der Waals surface area contributed by atoms with Crippen molar-refractivity contribution in [3.8, 4) is 11.5 Å². The monoisotopic (exact) mass is 471 g/mol. The molecule has 3 atom stereocenters. The fraction of sp³-hybridized carbons (Fsp3) is 0.524. The molecule has 0 aliphatic carbocycles. The van der Waals surface area contributed by atoms with Crippen molar-refractivity contribution in [1.29, 1.82) is 0 Å². The number of aliphatic carboxylic acids is 1. The third-order valence-corrected chi connectivity index (χ3v) is 4.49. The minimum Gasteiger partial charge on any atom is -0.480 e. The Kier molecular flexibility index (Phi) is 10.4. The van der Waals surface area contributed by atoms with Crippen molar-refractivity contribution >= 4 is 24.4 Å². The Morgan fingerprint density at radius 2 is 1.48 bits per heavy atom. The van der Waals surface area contributed by atoms with Gasteiger partial charge in [0.1, 0.15) is 17.7 Å². The molecule has 0 saturated carbocycles. The number of ether oxygens (including phenoxy) is 6. The zero-order chi connectivity index (χ0) is 25.2. The fourth-order valence-corrected chi connectivity index (χ4v) is 2.68. The number of carbonyl (C=O) groups excluding carboxylic acids is 3. The number of methoxy groups -OCH3 is 2. The van der Waals surface area contributed by atoms with Crippen LogP contribution in [-0.4, -0.2) is 61.5 Å². The van der Waals surface area contributed by atoms with Gasteiger partial charge in [0.25, 0.3) is 0 Å². The van der Waals surface area contributed by atoms with Gasteiger partial charge in [-0.25, -0.2) is 14.4 Å². The lowest BCUT2D eigenvalue weighted by atomic mass is 9.86. The summed E-state index contributed by atoms with van der Waals surface area (Å²) in [5, 5.41) is 9.73. The van der Waals surface area contributed by atoms with Crippen LogP contribution >= 0.6 is 0 Å². The van der Waals surface area contributed by atoms with Crippen LogP contribution in [0.15, 0.2) is 18.2 Å². The summed E-state index contributed by atoms with van der Waals surface area (Å²) in [4.78, 5) is 46.7. The van der Waals surface area contributed by atoms with Gasteiger partial charge in [-0.05, 0) is 38.0 Å². The molecule has 3 N–H and O–H groups in total. The molecule has 0 fully saturated rings. The molecule has 12 heteroatoms. The van der Waals surface area contributed by atoms with Gasteiger partial charge in [0.15, 0.2) is 11.5 Å². The van der Waals surface area contributed by atoms with Crippen LogP contribution in [0, 0.1) is 0 Å². The van der Waals surface area contributed by atoms with Gasteiger partial charge in [-0.1, -0.05) is 13.0 Å². The van der Waals surface area contributed by atoms with Crippen molar-refractivity contribution in [3.63, 3.8) is 0 Å². The van der Waals surface area contributed by atoms with Crippen LogP contribution in [0.1, 0.15) is 39.2 Å². The van der Waals surface area contributed by atoms with Gasteiger partial charge in [0, 0.05) is 12.8 Å². The smallest absolute Gasteiger partial charge is 0.480 e. The summed E-state index contributed by atoms with van der Waals surface area (Å²) in [6.45, 7) is 5.01. The Hall–Kier alpha value is -3.54. The van der Waals surface area contributed by atoms with Crippen LogP contribution in [0.2, 0.25) is 0 Å². The minimum absolute atomic E-state index is 0.168. The molecule has 0 radical (unpaired) electrons. The Labute approximate surface area is 190 Å². The van der Waals surface area contributed by atoms with E-state index in [9.17, 15) is 24.3 Å². The third kappa shape index (κ3) is 8.85. The van der Waals surface area contributed by atoms with Crippen molar-refractivity contribution in [2.24, 2.45) is 5.73 Å². The Morgan fingerprint density at radius 3 is 2.00 bits per heavy atom. The first-order chi connectivity index (χ1) is 15.4. The second-order valence-electron chi connectivity index (χ2n) is 7.25. The Bertz CT molecular complexity index is 857. The molecule has 1 rings (SSSR count). The highest BCUT2D eigenvalue weighted by Crippen LogP contribution is 2.31. The van der Waals surface area contributed by atoms with E-state index in [1.165, 1.54) is 25.1 Å². The lowest BCUT2D eigenvalue weighted by Gasteiger charge is -2.28. The molecule has 0 spiro atoms. The van der Waals surface area contributed by atoms with Crippen LogP contribution in [-0.2, 0) is 30.2 Å². The van der Waals surface area contributed by atoms with E-state index < -0.39 is 36.1 Å². The van der Waals surface area contributed by atoms with Crippen LogP contribution < -0.4 is 15.2 Å². The van der Waals surface area contributed by atoms with Crippen LogP contribution in [0.3, 0.4) is 0 Å². The van der Waals surface area contributed by atoms with Gasteiger partial charge in [0.05, 0.1) is 14.2 Å². The van der Waals surface area contributed by atoms with E-state index in [4.69, 9.17) is 24.7 Å². The van der Waals surface area contributed by atoms with E-state index in [-0.39, 0.29) is 30.4 Å². The van der Waals surface area contributed by atoms with Gasteiger partial charge in [0.2, 0.25) is 0 Å². The SMILES string of the molecule is CCC(C)OC(=O)O[C@@H](C)CC(N)(Cc1ccc(OC(=O)OC)c(OC(=O)OC)c1)C(=O)O. The molecule has 0 amide bonds. The molecule has 184 valence electrons. The first-order valence-electron chi connectivity index (χ1n) is 9.98. The summed E-state index contributed by atoms with van der Waals surface area (Å²) >= 11 is 0. The van der Waals surface area contributed by atoms with Crippen molar-refractivity contribution in [1.82, 2.24) is 0 Å². The average Bonchev–Trinajstić information content (AvgIpc) is 2.74. The van der Waals surface area contributed by atoms with Gasteiger partial charge in [-0.15, -0.1) is 0 Å². The summed E-state index contributed by atoms with van der Waals surface area (Å²) in [5.41, 5.74) is 4.59. The van der Waals surface area contributed by atoms with Gasteiger partial charge < -0.3 is 39.3 Å². The highest BCUT2D eigenvalue weighted by Gasteiger charge is 2.37. The Balaban J connectivity index is 3.07. The van der Waals surface area contributed by atoms with Crippen LogP contribution in [0.25, 0.3) is 0 Å². The maximum Gasteiger partial charge on any atom is 0.513 e. The lowest BCUT2D eigenvalue weighted by molar-refractivity contribution is -0.144. The maximum atomic E-state index is 11.9. The molecule has 33 heavy (non-hydrogen) atoms. The first kappa shape index (κ1) is 27.5. The second-order valence-corrected chi connectivity index (χ2v) is 7.25. The number of carboxylic acids is 1. The molecule has 0 saturated heterocycles. The second kappa shape index (κ2) is 12.5. The van der Waals surface area contributed by atoms with E-state index in [1.54, 1.807) is 6.92 Å². The van der Waals surface area contributed by atoms with Crippen molar-refractivity contribution in [2.75, 3.05) is 14.2 Å². The van der Waals surface area contributed by atoms with Crippen LogP contribution in [0.4, 0.5) is 14.4 Å². The molecule has 0 bridgehead atoms. The zero-order valence-electron chi connectivity index (χ0n) is 19.1. The number of benzene rings is 1. The fourth-order valence-electron chi connectivity index (χ4n) is 2.68. The molecule has 0 aromatic heterocycles. The van der Waals surface area contributed by atoms with E-state index in [0.717, 1.165) is 14.2 Å². The number of carboxylic acid groups (broad SMARTS) is 1. The summed E-state index contributed by atoms with van der Waals surface area (Å²) in [6, 6.07) is 3.97. The third-order valence-electron chi connectivity index (χ3n) is 4.49. The van der Waals surface area contributed by atoms with Crippen LogP contribution in [0.5, 0.6) is 11.5 Å². The predicted molar refractivity (Wildman–Crippen MR) is 112 cm³/mol. The number of carbonyl (C=O) groups is 4. The van der Waals surface area contributed by atoms with Gasteiger partial charge in [-0.2, -0.15) is 0 Å². The summed E-state index contributed by atoms with van der Waals surface area (Å²) < 4.78 is 28.8. The maximum absolute atomic E-state index is 11.9. The van der Waals surface area contributed by atoms with Gasteiger partial charge in [-0.3, -0.25) is 4.79 Å². The largest absolute Gasteiger partial charge is 0.513 e. The number of nitrogens with two attached hydrogens (primary N) is 1. The highest BCUT2D eigenvalue weighted by molar-refractivity contribution is 5.79. The van der Waals surface area contributed by atoms with Crippen molar-refractivity contribution in [3.05, 3.63) is 23.8 Å². The topological polar surface area (TPSA) is 170 Å². The van der Waals surface area contributed by atoms with E-state index in [1.807, 2.05) is 6.92 Å². The van der Waals surface area contributed by atoms with E-state index in [2.05, 4.69) is 9.47 Å². The molecule has 1 aromatic carbocycles. The quantitative estimate of drug-likeness (QED) is 0.291. The zero-order valence-corrected chi connectivity index (χ0v) is 19.1. The molecule has 12 nitrogen and oxygen atoms in total. The molecular formula is C21H29NO11. The predicted octanol–water partition coefficient (Wildman–Crippen LogP) is 3.03. The van der Waals surface area contributed by atoms with Crippen molar-refractivity contribution < 1.29 is 52.7 Å². The number of hydrogen-bond donors (Lipinski definition) is 2. The van der Waals surface area contributed by atoms with Gasteiger partial charge >= 0.3 is 24.4 Å². The number of rotatable bonds is 10. The summed E-state index contributed by atoms with van der Waals surface area (Å²) in [7, 11) is 2.17. The summed E-state index contributed by atoms with van der Waals surface area (Å²) in [5.74, 6) is -1.74. The first-order valence-corrected chi connectivity index (χ1v) is 9.98. The number of hydrogen-bond acceptors (Lipinski definition) is 11. The molecule has 2 unspecified atom stereocenters. The van der Waals surface area contributed by atoms with E-state index >= 15 is 0 Å². The summed E-state index contributed by atoms with van der Waals surface area (Å²) in [6.07, 6.45) is -4.22. The standard InChI is InChI=1S/C21H29NO11/c1-6-12(2)30-20(27)31-13(3)10-21(22,17(23)24)11-14-7-8-15(32-18(25)28-4)16(9-14)33-19(26)29-5/h7-9,12-13H,6,10-11,22H2,1-5H3,(H,23,24)/t12?,13-,21?/m0/s1. The van der Waals surface area contributed by atoms with E-state index in [0.29, 0.717) is 12.0 Å². The molecule has 0 aliphatic heterocycles. The normalized spacial score (nSPS) is 14.1. The molecule has 1 aromatic rings. The highest BCUT2D eigenvalue weighted by atomic mass is 16.7. The van der Waals surface area contributed by atoms with Crippen molar-refractivity contribution in [2.45, 2.75) is 57.8 Å². The molecule has 0 heterocycles.